The van der Waals surface area contributed by atoms with Gasteiger partial charge in [-0.25, -0.2) is 13.8 Å². The Balaban J connectivity index is 1.57. The van der Waals surface area contributed by atoms with Gasteiger partial charge in [0.05, 0.1) is 18.0 Å². The van der Waals surface area contributed by atoms with E-state index in [9.17, 15) is 8.78 Å². The van der Waals surface area contributed by atoms with Crippen molar-refractivity contribution in [2.75, 3.05) is 17.2 Å². The number of rotatable bonds is 6. The van der Waals surface area contributed by atoms with Crippen molar-refractivity contribution in [2.24, 2.45) is 11.8 Å². The summed E-state index contributed by atoms with van der Waals surface area (Å²) in [5.74, 6) is -0.901. The standard InChI is InChI=1S/C26H26ClF2N3O/c27-19-11-9-18(10-12-19)26(31-23-14-21(28)22(29)15-24(23)32-26)20(17-6-2-1-3-7-17)16-33-25-8-4-5-13-30-25/h4-5,8-15,17,20,31-32H,1-3,6-7,16H2. The van der Waals surface area contributed by atoms with Crippen LogP contribution in [0.4, 0.5) is 20.2 Å². The number of hydrogen-bond acceptors (Lipinski definition) is 4. The number of benzene rings is 2. The Hall–Kier alpha value is -2.86. The normalized spacial score (nSPS) is 18.2. The van der Waals surface area contributed by atoms with Crippen LogP contribution in [0, 0.1) is 23.5 Å². The highest BCUT2D eigenvalue weighted by Gasteiger charge is 2.49. The van der Waals surface area contributed by atoms with Crippen molar-refractivity contribution < 1.29 is 13.5 Å². The maximum Gasteiger partial charge on any atom is 0.213 e. The lowest BCUT2D eigenvalue weighted by Gasteiger charge is -2.44. The van der Waals surface area contributed by atoms with Gasteiger partial charge in [-0.3, -0.25) is 0 Å². The van der Waals surface area contributed by atoms with Gasteiger partial charge in [-0.15, -0.1) is 0 Å². The van der Waals surface area contributed by atoms with Crippen molar-refractivity contribution in [2.45, 2.75) is 37.8 Å². The summed E-state index contributed by atoms with van der Waals surface area (Å²) in [6, 6.07) is 15.6. The second kappa shape index (κ2) is 9.18. The number of hydrogen-bond donors (Lipinski definition) is 2. The Labute approximate surface area is 197 Å². The Morgan fingerprint density at radius 1 is 0.970 bits per heavy atom. The zero-order valence-corrected chi connectivity index (χ0v) is 18.9. The third-order valence-corrected chi connectivity index (χ3v) is 7.10. The predicted octanol–water partition coefficient (Wildman–Crippen LogP) is 6.98. The second-order valence-corrected chi connectivity index (χ2v) is 9.30. The highest BCUT2D eigenvalue weighted by Crippen LogP contribution is 2.49. The monoisotopic (exact) mass is 469 g/mol. The van der Waals surface area contributed by atoms with Crippen LogP contribution >= 0.6 is 11.6 Å². The maximum absolute atomic E-state index is 14.1. The molecule has 0 bridgehead atoms. The molecular formula is C26H26ClF2N3O. The number of pyridine rings is 1. The molecule has 1 aliphatic heterocycles. The van der Waals surface area contributed by atoms with E-state index in [1.54, 1.807) is 6.20 Å². The summed E-state index contributed by atoms with van der Waals surface area (Å²) in [5.41, 5.74) is 1.18. The van der Waals surface area contributed by atoms with Crippen LogP contribution in [0.25, 0.3) is 0 Å². The molecule has 5 rings (SSSR count). The fraction of sp³-hybridized carbons (Fsp3) is 0.346. The highest BCUT2D eigenvalue weighted by molar-refractivity contribution is 6.30. The molecule has 0 saturated heterocycles. The lowest BCUT2D eigenvalue weighted by molar-refractivity contribution is 0.110. The molecule has 0 spiro atoms. The van der Waals surface area contributed by atoms with Gasteiger partial charge in [-0.2, -0.15) is 0 Å². The minimum absolute atomic E-state index is 0.0421. The molecule has 1 fully saturated rings. The quantitative estimate of drug-likeness (QED) is 0.409. The first-order valence-electron chi connectivity index (χ1n) is 11.4. The van der Waals surface area contributed by atoms with Gasteiger partial charge in [-0.05, 0) is 42.5 Å². The summed E-state index contributed by atoms with van der Waals surface area (Å²) >= 11 is 6.19. The molecule has 0 radical (unpaired) electrons. The summed E-state index contributed by atoms with van der Waals surface area (Å²) in [6.45, 7) is 0.392. The zero-order valence-electron chi connectivity index (χ0n) is 18.2. The van der Waals surface area contributed by atoms with Gasteiger partial charge in [0.25, 0.3) is 0 Å². The minimum Gasteiger partial charge on any atom is -0.477 e. The van der Waals surface area contributed by atoms with E-state index >= 15 is 0 Å². The summed E-state index contributed by atoms with van der Waals surface area (Å²) < 4.78 is 34.4. The Morgan fingerprint density at radius 2 is 1.64 bits per heavy atom. The molecule has 4 nitrogen and oxygen atoms in total. The van der Waals surface area contributed by atoms with Crippen molar-refractivity contribution >= 4 is 23.0 Å². The highest BCUT2D eigenvalue weighted by atomic mass is 35.5. The van der Waals surface area contributed by atoms with Crippen LogP contribution in [0.1, 0.15) is 37.7 Å². The first kappa shape index (κ1) is 22.0. The average molecular weight is 470 g/mol. The largest absolute Gasteiger partial charge is 0.477 e. The van der Waals surface area contributed by atoms with E-state index in [4.69, 9.17) is 16.3 Å². The summed E-state index contributed by atoms with van der Waals surface area (Å²) in [4.78, 5) is 4.31. The molecular weight excluding hydrogens is 444 g/mol. The van der Waals surface area contributed by atoms with Crippen LogP contribution < -0.4 is 15.4 Å². The summed E-state index contributed by atoms with van der Waals surface area (Å²) in [5, 5.41) is 7.67. The van der Waals surface area contributed by atoms with Crippen molar-refractivity contribution in [1.29, 1.82) is 0 Å². The van der Waals surface area contributed by atoms with E-state index in [0.29, 0.717) is 34.8 Å². The van der Waals surface area contributed by atoms with Crippen molar-refractivity contribution in [3.8, 4) is 5.88 Å². The van der Waals surface area contributed by atoms with E-state index in [1.807, 2.05) is 42.5 Å². The van der Waals surface area contributed by atoms with Crippen LogP contribution in [0.15, 0.2) is 60.8 Å². The molecule has 2 aliphatic rings. The number of nitrogens with zero attached hydrogens (tertiary/aromatic N) is 1. The van der Waals surface area contributed by atoms with Crippen LogP contribution in [0.3, 0.4) is 0 Å². The number of ether oxygens (including phenoxy) is 1. The van der Waals surface area contributed by atoms with Crippen LogP contribution in [0.2, 0.25) is 5.02 Å². The lowest BCUT2D eigenvalue weighted by atomic mass is 9.72. The molecule has 33 heavy (non-hydrogen) atoms. The summed E-state index contributed by atoms with van der Waals surface area (Å²) in [7, 11) is 0. The molecule has 3 aromatic rings. The second-order valence-electron chi connectivity index (χ2n) is 8.86. The number of halogens is 3. The Morgan fingerprint density at radius 3 is 2.24 bits per heavy atom. The number of aromatic nitrogens is 1. The lowest BCUT2D eigenvalue weighted by Crippen LogP contribution is -2.51. The molecule has 2 N–H and O–H groups in total. The third-order valence-electron chi connectivity index (χ3n) is 6.85. The fourth-order valence-electron chi connectivity index (χ4n) is 5.23. The maximum atomic E-state index is 14.1. The molecule has 0 amide bonds. The van der Waals surface area contributed by atoms with Crippen molar-refractivity contribution in [1.82, 2.24) is 4.98 Å². The van der Waals surface area contributed by atoms with E-state index < -0.39 is 17.3 Å². The van der Waals surface area contributed by atoms with Gasteiger partial charge < -0.3 is 15.4 Å². The number of nitrogens with one attached hydrogen (secondary N) is 2. The SMILES string of the molecule is Fc1cc2c(cc1F)NC(c1ccc(Cl)cc1)(C(COc1ccccn1)C1CCCCC1)N2. The zero-order chi connectivity index (χ0) is 22.8. The first-order valence-corrected chi connectivity index (χ1v) is 11.8. The van der Waals surface area contributed by atoms with Crippen LogP contribution in [-0.4, -0.2) is 11.6 Å². The fourth-order valence-corrected chi connectivity index (χ4v) is 5.35. The first-order chi connectivity index (χ1) is 16.0. The third kappa shape index (κ3) is 4.36. The van der Waals surface area contributed by atoms with Crippen molar-refractivity contribution in [3.63, 3.8) is 0 Å². The van der Waals surface area contributed by atoms with Gasteiger partial charge in [0.15, 0.2) is 11.6 Å². The molecule has 1 unspecified atom stereocenters. The topological polar surface area (TPSA) is 46.2 Å². The molecule has 7 heteroatoms. The average Bonchev–Trinajstić information content (AvgIpc) is 3.20. The van der Waals surface area contributed by atoms with Crippen LogP contribution in [0.5, 0.6) is 5.88 Å². The Bertz CT molecular complexity index is 1070. The molecule has 1 atom stereocenters. The minimum atomic E-state index is -0.881. The molecule has 1 aromatic heterocycles. The molecule has 1 aliphatic carbocycles. The van der Waals surface area contributed by atoms with E-state index in [-0.39, 0.29) is 5.92 Å². The summed E-state index contributed by atoms with van der Waals surface area (Å²) in [6.07, 6.45) is 7.35. The van der Waals surface area contributed by atoms with Crippen molar-refractivity contribution in [3.05, 3.63) is 83.0 Å². The number of fused-ring (bicyclic) bond motifs is 1. The van der Waals surface area contributed by atoms with Gasteiger partial charge in [0.1, 0.15) is 5.66 Å². The molecule has 2 heterocycles. The molecule has 2 aromatic carbocycles. The Kier molecular flexibility index (Phi) is 6.11. The van der Waals surface area contributed by atoms with E-state index in [0.717, 1.165) is 31.2 Å². The predicted molar refractivity (Wildman–Crippen MR) is 127 cm³/mol. The molecule has 1 saturated carbocycles. The smallest absolute Gasteiger partial charge is 0.213 e. The van der Waals surface area contributed by atoms with Gasteiger partial charge in [-0.1, -0.05) is 49.1 Å². The van der Waals surface area contributed by atoms with Crippen LogP contribution in [-0.2, 0) is 5.66 Å². The molecule has 172 valence electrons. The van der Waals surface area contributed by atoms with E-state index in [2.05, 4.69) is 15.6 Å². The van der Waals surface area contributed by atoms with Gasteiger partial charge in [0, 0.05) is 35.3 Å². The van der Waals surface area contributed by atoms with Gasteiger partial charge >= 0.3 is 0 Å². The van der Waals surface area contributed by atoms with Gasteiger partial charge in [0.2, 0.25) is 5.88 Å². The number of anilines is 2. The van der Waals surface area contributed by atoms with E-state index in [1.165, 1.54) is 18.6 Å².